The van der Waals surface area contributed by atoms with Gasteiger partial charge in [-0.15, -0.1) is 0 Å². The first-order valence-corrected chi connectivity index (χ1v) is 22.8. The second kappa shape index (κ2) is 15.1. The van der Waals surface area contributed by atoms with Gasteiger partial charge in [0.05, 0.1) is 29.7 Å². The highest BCUT2D eigenvalue weighted by Gasteiger charge is 2.36. The summed E-state index contributed by atoms with van der Waals surface area (Å²) in [5.41, 5.74) is 5.44. The average Bonchev–Trinajstić information content (AvgIpc) is 3.95. The zero-order valence-electron chi connectivity index (χ0n) is 32.3. The van der Waals surface area contributed by atoms with Crippen LogP contribution in [0.3, 0.4) is 0 Å². The van der Waals surface area contributed by atoms with Gasteiger partial charge in [0, 0.05) is 45.1 Å². The third-order valence-electron chi connectivity index (χ3n) is 10.3. The zero-order valence-corrected chi connectivity index (χ0v) is 33.3. The predicted molar refractivity (Wildman–Crippen MR) is 214 cm³/mol. The second-order valence-electron chi connectivity index (χ2n) is 16.8. The molecule has 2 aliphatic rings. The Morgan fingerprint density at radius 1 is 0.870 bits per heavy atom. The van der Waals surface area contributed by atoms with Gasteiger partial charge in [-0.2, -0.15) is 0 Å². The fraction of sp³-hybridized carbons (Fsp3) is 0.429. The summed E-state index contributed by atoms with van der Waals surface area (Å²) in [6.45, 7) is 14.8. The van der Waals surface area contributed by atoms with Crippen LogP contribution in [0.5, 0.6) is 0 Å². The summed E-state index contributed by atoms with van der Waals surface area (Å²) < 4.78 is 13.9. The Balaban J connectivity index is 1.09. The van der Waals surface area contributed by atoms with Gasteiger partial charge in [-0.1, -0.05) is 68.2 Å². The van der Waals surface area contributed by atoms with E-state index in [1.54, 1.807) is 4.90 Å². The van der Waals surface area contributed by atoms with E-state index in [9.17, 15) is 14.7 Å². The van der Waals surface area contributed by atoms with Gasteiger partial charge in [0.25, 0.3) is 0 Å². The maximum Gasteiger partial charge on any atom is 0.410 e. The number of benzene rings is 3. The normalized spacial score (nSPS) is 17.8. The third kappa shape index (κ3) is 8.24. The van der Waals surface area contributed by atoms with Crippen LogP contribution >= 0.6 is 0 Å². The van der Waals surface area contributed by atoms with Crippen molar-refractivity contribution in [3.05, 3.63) is 84.7 Å². The number of rotatable bonds is 10. The first kappa shape index (κ1) is 37.4. The number of aromatic nitrogens is 4. The molecule has 284 valence electrons. The number of H-pyrrole nitrogens is 1. The molecule has 0 bridgehead atoms. The van der Waals surface area contributed by atoms with Crippen molar-refractivity contribution in [3.63, 3.8) is 0 Å². The summed E-state index contributed by atoms with van der Waals surface area (Å²) in [5, 5.41) is 12.1. The van der Waals surface area contributed by atoms with E-state index in [4.69, 9.17) is 19.4 Å². The molecule has 4 heterocycles. The van der Waals surface area contributed by atoms with Crippen molar-refractivity contribution in [2.24, 2.45) is 0 Å². The van der Waals surface area contributed by atoms with Crippen LogP contribution in [0, 0.1) is 0 Å². The van der Waals surface area contributed by atoms with Gasteiger partial charge in [0.15, 0.2) is 0 Å². The van der Waals surface area contributed by atoms with Crippen molar-refractivity contribution >= 4 is 31.0 Å². The fourth-order valence-corrected chi connectivity index (χ4v) is 8.24. The first-order valence-electron chi connectivity index (χ1n) is 19.1. The van der Waals surface area contributed by atoms with Crippen molar-refractivity contribution in [1.29, 1.82) is 0 Å². The minimum absolute atomic E-state index is 0.128. The first-order chi connectivity index (χ1) is 25.7. The highest BCUT2D eigenvalue weighted by molar-refractivity contribution is 6.76. The summed E-state index contributed by atoms with van der Waals surface area (Å²) in [4.78, 5) is 41.2. The molecule has 2 amide bonds. The molecule has 0 aliphatic carbocycles. The molecule has 12 heteroatoms. The number of amides is 2. The highest BCUT2D eigenvalue weighted by Crippen LogP contribution is 2.36. The van der Waals surface area contributed by atoms with Gasteiger partial charge in [0.1, 0.15) is 24.0 Å². The Labute approximate surface area is 318 Å². The lowest BCUT2D eigenvalue weighted by molar-refractivity contribution is 0.0218. The fourth-order valence-electron chi connectivity index (χ4n) is 7.48. The van der Waals surface area contributed by atoms with E-state index in [-0.39, 0.29) is 18.2 Å². The van der Waals surface area contributed by atoms with Crippen LogP contribution in [-0.2, 0) is 16.2 Å². The van der Waals surface area contributed by atoms with Gasteiger partial charge in [-0.3, -0.25) is 9.80 Å². The summed E-state index contributed by atoms with van der Waals surface area (Å²) in [6, 6.07) is 22.0. The molecule has 5 aromatic rings. The number of fused-ring (bicyclic) bond motifs is 1. The maximum absolute atomic E-state index is 12.9. The molecule has 0 saturated carbocycles. The number of ether oxygens (including phenoxy) is 2. The summed E-state index contributed by atoms with van der Waals surface area (Å²) >= 11 is 0. The standard InChI is InChI=1S/C42H52N6O5Si/c1-42(2,3)53-41(51)47-20-7-9-35(47)38-43-25-34(45-38)29-13-11-28(12-14-29)30-15-16-32-24-33(18-17-31(32)23-30)37-26-44-39(36-10-8-19-46(36)40(49)50)48(37)27-52-21-22-54(4,5)6/h11-18,23-26,35-36H,7-10,19-22,27H2,1-6H3,(H,43,45)(H,49,50)/t35-,36-/m0/s1. The molecular formula is C42H52N6O5Si. The second-order valence-corrected chi connectivity index (χ2v) is 22.4. The van der Waals surface area contributed by atoms with Crippen molar-refractivity contribution in [1.82, 2.24) is 29.3 Å². The quantitative estimate of drug-likeness (QED) is 0.108. The number of hydrogen-bond donors (Lipinski definition) is 2. The summed E-state index contributed by atoms with van der Waals surface area (Å²) in [6.07, 6.45) is 5.88. The number of carboxylic acid groups (broad SMARTS) is 1. The number of nitrogens with one attached hydrogen (secondary N) is 1. The van der Waals surface area contributed by atoms with Crippen LogP contribution in [-0.4, -0.2) is 80.0 Å². The van der Waals surface area contributed by atoms with E-state index in [0.717, 1.165) is 87.8 Å². The molecule has 0 unspecified atom stereocenters. The van der Waals surface area contributed by atoms with Crippen LogP contribution < -0.4 is 0 Å². The molecule has 2 aromatic heterocycles. The number of carbonyl (C=O) groups is 2. The number of aromatic amines is 1. The molecule has 2 saturated heterocycles. The minimum Gasteiger partial charge on any atom is -0.465 e. The number of nitrogens with zero attached hydrogens (tertiary/aromatic N) is 5. The smallest absolute Gasteiger partial charge is 0.410 e. The third-order valence-corrected chi connectivity index (χ3v) is 12.0. The van der Waals surface area contributed by atoms with Crippen LogP contribution in [0.4, 0.5) is 9.59 Å². The number of imidazole rings is 2. The topological polar surface area (TPSA) is 126 Å². The van der Waals surface area contributed by atoms with E-state index in [1.807, 2.05) is 33.2 Å². The minimum atomic E-state index is -1.27. The molecule has 0 spiro atoms. The predicted octanol–water partition coefficient (Wildman–Crippen LogP) is 9.96. The highest BCUT2D eigenvalue weighted by atomic mass is 28.3. The Kier molecular flexibility index (Phi) is 10.4. The van der Waals surface area contributed by atoms with E-state index in [0.29, 0.717) is 26.4 Å². The van der Waals surface area contributed by atoms with Gasteiger partial charge in [-0.25, -0.2) is 19.6 Å². The molecule has 0 radical (unpaired) electrons. The Morgan fingerprint density at radius 2 is 1.50 bits per heavy atom. The summed E-state index contributed by atoms with van der Waals surface area (Å²) in [7, 11) is -1.27. The number of likely N-dealkylation sites (tertiary alicyclic amines) is 2. The number of carbonyl (C=O) groups excluding carboxylic acids is 1. The van der Waals surface area contributed by atoms with E-state index in [1.165, 1.54) is 4.90 Å². The molecule has 7 rings (SSSR count). The van der Waals surface area contributed by atoms with Crippen molar-refractivity contribution < 1.29 is 24.2 Å². The molecule has 11 nitrogen and oxygen atoms in total. The zero-order chi connectivity index (χ0) is 38.2. The molecule has 2 aliphatic heterocycles. The molecule has 3 aromatic carbocycles. The molecule has 54 heavy (non-hydrogen) atoms. The lowest BCUT2D eigenvalue weighted by atomic mass is 9.98. The van der Waals surface area contributed by atoms with Crippen molar-refractivity contribution in [3.8, 4) is 33.6 Å². The number of hydrogen-bond acceptors (Lipinski definition) is 6. The molecule has 2 atom stereocenters. The van der Waals surface area contributed by atoms with Gasteiger partial charge >= 0.3 is 12.2 Å². The molecule has 2 N–H and O–H groups in total. The molecule has 2 fully saturated rings. The average molecular weight is 749 g/mol. The Morgan fingerprint density at radius 3 is 2.19 bits per heavy atom. The lowest BCUT2D eigenvalue weighted by Gasteiger charge is -2.27. The largest absolute Gasteiger partial charge is 0.465 e. The van der Waals surface area contributed by atoms with E-state index in [2.05, 4.69) is 89.9 Å². The molecular weight excluding hydrogens is 697 g/mol. The van der Waals surface area contributed by atoms with Crippen LogP contribution in [0.25, 0.3) is 44.4 Å². The van der Waals surface area contributed by atoms with Crippen LogP contribution in [0.2, 0.25) is 25.7 Å². The van der Waals surface area contributed by atoms with Crippen LogP contribution in [0.15, 0.2) is 73.1 Å². The monoisotopic (exact) mass is 748 g/mol. The van der Waals surface area contributed by atoms with Gasteiger partial charge < -0.3 is 24.1 Å². The van der Waals surface area contributed by atoms with E-state index >= 15 is 0 Å². The summed E-state index contributed by atoms with van der Waals surface area (Å²) in [5.74, 6) is 1.52. The van der Waals surface area contributed by atoms with Gasteiger partial charge in [0.2, 0.25) is 0 Å². The van der Waals surface area contributed by atoms with Crippen molar-refractivity contribution in [2.45, 2.75) is 96.6 Å². The van der Waals surface area contributed by atoms with Gasteiger partial charge in [-0.05, 0) is 86.5 Å². The van der Waals surface area contributed by atoms with E-state index < -0.39 is 19.8 Å². The van der Waals surface area contributed by atoms with Crippen molar-refractivity contribution in [2.75, 3.05) is 19.7 Å². The SMILES string of the molecule is CC(C)(C)OC(=O)N1CCC[C@H]1c1nc(-c2ccc(-c3ccc4cc(-c5cnc([C@@H]6CCCN6C(=O)O)n5COCC[Si](C)(C)C)ccc4c3)cc2)c[nH]1. The lowest BCUT2D eigenvalue weighted by Crippen LogP contribution is -2.36. The Bertz CT molecular complexity index is 2130. The maximum atomic E-state index is 12.9. The van der Waals surface area contributed by atoms with Crippen LogP contribution in [0.1, 0.15) is 70.2 Å². The Hall–Kier alpha value is -4.94.